The lowest BCUT2D eigenvalue weighted by atomic mass is 9.79. The Bertz CT molecular complexity index is 5820. The van der Waals surface area contributed by atoms with E-state index < -0.39 is 18.2 Å². The Kier molecular flexibility index (Phi) is 25.1. The van der Waals surface area contributed by atoms with Crippen molar-refractivity contribution in [3.63, 3.8) is 0 Å². The first-order valence-electron chi connectivity index (χ1n) is 36.1. The lowest BCUT2D eigenvalue weighted by Gasteiger charge is -2.32. The molecule has 558 valence electrons. The van der Waals surface area contributed by atoms with Crippen LogP contribution in [0.15, 0.2) is 292 Å². The monoisotopic (exact) mass is 1650 g/mol. The molecule has 1 saturated heterocycles. The van der Waals surface area contributed by atoms with E-state index in [0.717, 1.165) is 131 Å². The summed E-state index contributed by atoms with van der Waals surface area (Å²) in [6.07, 6.45) is 4.93. The van der Waals surface area contributed by atoms with Crippen molar-refractivity contribution in [1.29, 1.82) is 0 Å². The first-order valence-corrected chi connectivity index (χ1v) is 38.3. The predicted octanol–water partition coefficient (Wildman–Crippen LogP) is 20.6. The number of carbonyl (C=O) groups excluding carboxylic acids is 2. The molecule has 0 bridgehead atoms. The molecule has 0 atom stereocenters. The number of primary amides is 1. The molecule has 0 spiro atoms. The SMILES string of the molecule is CC1(C)OB(c2cccc(N)c2)OC1(C)C.Clc1nc(NCc2ccccn2)c2c(-c3ccccc3)cccc2c1I.NC(=O)CC(=O)Nc1cccc(-c2c(Cl)nc(NCc3ccccn3)c3c(-c4ccccc4)cccc23)c1.Nc1cccc(-c2c(Cl)nc(NCc3ccccn3)c3c(-c4ccccc4)cccc23)c1. The third kappa shape index (κ3) is 18.8. The number of nitrogen functional groups attached to an aromatic ring is 2. The van der Waals surface area contributed by atoms with Gasteiger partial charge in [-0.05, 0) is 184 Å². The summed E-state index contributed by atoms with van der Waals surface area (Å²) in [4.78, 5) is 50.6. The molecule has 7 heterocycles. The number of nitrogens with two attached hydrogens (primary N) is 3. The number of fused-ring (bicyclic) bond motifs is 3. The van der Waals surface area contributed by atoms with Crippen molar-refractivity contribution in [2.45, 2.75) is 65.0 Å². The number of rotatable bonds is 18. The molecule has 17 nitrogen and oxygen atoms in total. The van der Waals surface area contributed by atoms with E-state index in [2.05, 4.69) is 143 Å². The van der Waals surface area contributed by atoms with Crippen molar-refractivity contribution < 1.29 is 18.9 Å². The quantitative estimate of drug-likeness (QED) is 0.0139. The van der Waals surface area contributed by atoms with Gasteiger partial charge in [-0.3, -0.25) is 24.5 Å². The summed E-state index contributed by atoms with van der Waals surface area (Å²) in [5.41, 5.74) is 31.9. The second-order valence-electron chi connectivity index (χ2n) is 27.3. The number of benzene rings is 9. The third-order valence-corrected chi connectivity index (χ3v) is 21.3. The van der Waals surface area contributed by atoms with Crippen LogP contribution in [0.25, 0.3) is 88.0 Å². The Morgan fingerprint density at radius 1 is 0.420 bits per heavy atom. The molecule has 0 saturated carbocycles. The molecule has 0 aliphatic carbocycles. The van der Waals surface area contributed by atoms with E-state index in [-0.39, 0.29) is 18.3 Å². The van der Waals surface area contributed by atoms with Crippen LogP contribution in [0.3, 0.4) is 0 Å². The number of anilines is 6. The molecule has 16 rings (SSSR count). The van der Waals surface area contributed by atoms with Crippen LogP contribution in [0.4, 0.5) is 34.5 Å². The van der Waals surface area contributed by atoms with Crippen molar-refractivity contribution >= 4 is 149 Å². The van der Waals surface area contributed by atoms with Gasteiger partial charge in [-0.2, -0.15) is 0 Å². The number of hydrogen-bond acceptors (Lipinski definition) is 15. The molecular formula is C90H78BCl3IN13O4. The molecule has 9 aromatic carbocycles. The van der Waals surface area contributed by atoms with Crippen LogP contribution < -0.4 is 43.9 Å². The summed E-state index contributed by atoms with van der Waals surface area (Å²) in [5.74, 6) is 0.964. The zero-order valence-electron chi connectivity index (χ0n) is 61.7. The van der Waals surface area contributed by atoms with Gasteiger partial charge < -0.3 is 47.8 Å². The average molecular weight is 1650 g/mol. The molecule has 0 radical (unpaired) electrons. The smallest absolute Gasteiger partial charge is 0.399 e. The Hall–Kier alpha value is -11.8. The van der Waals surface area contributed by atoms with E-state index in [1.807, 2.05) is 210 Å². The van der Waals surface area contributed by atoms with Gasteiger partial charge in [0, 0.05) is 68.3 Å². The van der Waals surface area contributed by atoms with Crippen LogP contribution in [-0.2, 0) is 38.5 Å². The summed E-state index contributed by atoms with van der Waals surface area (Å²) in [6.45, 7) is 9.77. The Labute approximate surface area is 679 Å². The van der Waals surface area contributed by atoms with E-state index in [1.54, 1.807) is 30.7 Å². The molecule has 22 heteroatoms. The van der Waals surface area contributed by atoms with Gasteiger partial charge in [0.2, 0.25) is 11.8 Å². The number of halogens is 4. The number of nitrogens with one attached hydrogen (secondary N) is 4. The van der Waals surface area contributed by atoms with Crippen molar-refractivity contribution in [2.75, 3.05) is 32.7 Å². The first kappa shape index (κ1) is 78.3. The lowest BCUT2D eigenvalue weighted by Crippen LogP contribution is -2.41. The lowest BCUT2D eigenvalue weighted by molar-refractivity contribution is -0.124. The van der Waals surface area contributed by atoms with Crippen LogP contribution in [0.1, 0.15) is 51.2 Å². The molecule has 0 unspecified atom stereocenters. The van der Waals surface area contributed by atoms with Gasteiger partial charge in [-0.1, -0.05) is 235 Å². The maximum Gasteiger partial charge on any atom is 0.494 e. The predicted molar refractivity (Wildman–Crippen MR) is 468 cm³/mol. The molecular weight excluding hydrogens is 1570 g/mol. The van der Waals surface area contributed by atoms with Crippen LogP contribution in [-0.4, -0.2) is 60.0 Å². The zero-order valence-corrected chi connectivity index (χ0v) is 66.1. The average Bonchev–Trinajstić information content (AvgIpc) is 0.999. The minimum absolute atomic E-state index is 0.303. The maximum absolute atomic E-state index is 12.1. The minimum atomic E-state index is -0.695. The number of nitrogens with zero attached hydrogens (tertiary/aromatic N) is 6. The summed E-state index contributed by atoms with van der Waals surface area (Å²) in [7, 11) is -0.325. The maximum atomic E-state index is 12.1. The van der Waals surface area contributed by atoms with E-state index in [1.165, 1.54) is 0 Å². The zero-order chi connectivity index (χ0) is 78.3. The Balaban J connectivity index is 0.000000136. The highest BCUT2D eigenvalue weighted by molar-refractivity contribution is 14.1. The fourth-order valence-electron chi connectivity index (χ4n) is 13.0. The number of carbonyl (C=O) groups is 2. The summed E-state index contributed by atoms with van der Waals surface area (Å²) in [6, 6.07) is 89.4. The molecule has 1 aliphatic rings. The fraction of sp³-hybridized carbons (Fsp3) is 0.111. The molecule has 6 aromatic heterocycles. The molecule has 15 aromatic rings. The number of aromatic nitrogens is 6. The van der Waals surface area contributed by atoms with Gasteiger partial charge in [-0.15, -0.1) is 0 Å². The highest BCUT2D eigenvalue weighted by Crippen LogP contribution is 2.45. The molecule has 112 heavy (non-hydrogen) atoms. The highest BCUT2D eigenvalue weighted by atomic mass is 127. The van der Waals surface area contributed by atoms with E-state index in [0.29, 0.717) is 52.3 Å². The van der Waals surface area contributed by atoms with Crippen LogP contribution in [0.2, 0.25) is 15.5 Å². The first-order chi connectivity index (χ1) is 54.2. The second kappa shape index (κ2) is 35.9. The van der Waals surface area contributed by atoms with Gasteiger partial charge in [0.05, 0.1) is 51.5 Å². The van der Waals surface area contributed by atoms with Crippen molar-refractivity contribution in [3.8, 4) is 55.6 Å². The molecule has 1 aliphatic heterocycles. The number of pyridine rings is 6. The fourth-order valence-corrected chi connectivity index (χ4v) is 14.4. The summed E-state index contributed by atoms with van der Waals surface area (Å²) >= 11 is 22.3. The molecule has 10 N–H and O–H groups in total. The van der Waals surface area contributed by atoms with Gasteiger partial charge in [0.1, 0.15) is 39.3 Å². The third-order valence-electron chi connectivity index (χ3n) is 19.0. The summed E-state index contributed by atoms with van der Waals surface area (Å²) in [5, 5.41) is 20.3. The van der Waals surface area contributed by atoms with Crippen LogP contribution >= 0.6 is 57.4 Å². The van der Waals surface area contributed by atoms with Crippen LogP contribution in [0.5, 0.6) is 0 Å². The largest absolute Gasteiger partial charge is 0.494 e. The Morgan fingerprint density at radius 3 is 1.20 bits per heavy atom. The number of hydrogen-bond donors (Lipinski definition) is 7. The standard InChI is InChI=1S/C30H24ClN5O2.C27H21ClN4.C21H15ClIN3.C12H18BNO2/c31-29-27(20-10-6-12-21(16-20)35-26(38)17-25(32)37)24-14-7-13-23(19-8-2-1-3-9-19)28(24)30(36-29)34-18-22-11-4-5-15-33-22;28-26-24(19-10-6-11-20(29)16-19)23-14-7-13-22(18-8-2-1-3-9-18)25(23)27(32-26)31-17-21-12-4-5-15-30-21;22-20-19(23)17-11-6-10-16(14-7-2-1-3-8-14)18(17)21(26-20)25-13-15-9-4-5-12-24-15;1-11(2)12(3,4)16-13(15-11)9-6-5-7-10(14)8-9/h1-16H,17-18H2,(H2,32,37)(H,34,36)(H,35,38);1-16H,17,29H2,(H,31,32);1-12H,13H2,(H,25,26);5-8H,14H2,1-4H3. The van der Waals surface area contributed by atoms with Crippen molar-refractivity contribution in [2.24, 2.45) is 5.73 Å². The highest BCUT2D eigenvalue weighted by Gasteiger charge is 2.51. The topological polar surface area (TPSA) is 256 Å². The van der Waals surface area contributed by atoms with E-state index in [9.17, 15) is 9.59 Å². The Morgan fingerprint density at radius 2 is 0.786 bits per heavy atom. The van der Waals surface area contributed by atoms with Gasteiger partial charge >= 0.3 is 7.12 Å². The van der Waals surface area contributed by atoms with Crippen LogP contribution in [0, 0.1) is 3.57 Å². The minimum Gasteiger partial charge on any atom is -0.399 e. The van der Waals surface area contributed by atoms with E-state index in [4.69, 9.17) is 71.3 Å². The van der Waals surface area contributed by atoms with Gasteiger partial charge in [0.15, 0.2) is 0 Å². The van der Waals surface area contributed by atoms with Crippen molar-refractivity contribution in [3.05, 3.63) is 328 Å². The van der Waals surface area contributed by atoms with Crippen molar-refractivity contribution in [1.82, 2.24) is 29.9 Å². The summed E-state index contributed by atoms with van der Waals surface area (Å²) < 4.78 is 12.8. The second-order valence-corrected chi connectivity index (χ2v) is 29.4. The normalized spacial score (nSPS) is 12.5. The molecule has 1 fully saturated rings. The van der Waals surface area contributed by atoms with E-state index >= 15 is 0 Å². The molecule has 2 amide bonds. The number of amides is 2. The van der Waals surface area contributed by atoms with Gasteiger partial charge in [0.25, 0.3) is 0 Å². The van der Waals surface area contributed by atoms with Gasteiger partial charge in [-0.25, -0.2) is 15.0 Å².